The molecule has 0 aliphatic carbocycles. The van der Waals surface area contributed by atoms with Crippen molar-refractivity contribution in [1.29, 1.82) is 5.26 Å². The molecule has 0 saturated carbocycles. The molecule has 2 rings (SSSR count). The summed E-state index contributed by atoms with van der Waals surface area (Å²) in [7, 11) is 0. The highest BCUT2D eigenvalue weighted by Crippen LogP contribution is 2.11. The van der Waals surface area contributed by atoms with Crippen molar-refractivity contribution in [3.05, 3.63) is 64.7 Å². The number of hydrogen-bond donors (Lipinski definition) is 2. The molecule has 2 aromatic carbocycles. The van der Waals surface area contributed by atoms with Gasteiger partial charge in [-0.2, -0.15) is 5.26 Å². The van der Waals surface area contributed by atoms with Crippen molar-refractivity contribution in [3.63, 3.8) is 0 Å². The number of anilines is 1. The van der Waals surface area contributed by atoms with E-state index in [1.807, 2.05) is 0 Å². The number of hydrogen-bond acceptors (Lipinski definition) is 5. The molecule has 27 heavy (non-hydrogen) atoms. The van der Waals surface area contributed by atoms with Crippen LogP contribution in [-0.2, 0) is 20.9 Å². The van der Waals surface area contributed by atoms with Gasteiger partial charge in [0.25, 0.3) is 5.91 Å². The molecular formula is C19H16ClN3O4. The monoisotopic (exact) mass is 385 g/mol. The molecule has 138 valence electrons. The molecule has 0 atom stereocenters. The molecule has 0 aromatic heterocycles. The van der Waals surface area contributed by atoms with Gasteiger partial charge in [0.15, 0.2) is 6.61 Å². The Hall–Kier alpha value is -3.37. The third kappa shape index (κ3) is 6.80. The smallest absolute Gasteiger partial charge is 0.338 e. The van der Waals surface area contributed by atoms with Crippen molar-refractivity contribution in [2.45, 2.75) is 13.0 Å². The number of ether oxygens (including phenoxy) is 1. The van der Waals surface area contributed by atoms with E-state index in [0.29, 0.717) is 17.3 Å². The van der Waals surface area contributed by atoms with E-state index >= 15 is 0 Å². The molecule has 7 nitrogen and oxygen atoms in total. The van der Waals surface area contributed by atoms with Gasteiger partial charge >= 0.3 is 5.97 Å². The third-order valence-corrected chi connectivity index (χ3v) is 3.63. The lowest BCUT2D eigenvalue weighted by molar-refractivity contribution is -0.124. The van der Waals surface area contributed by atoms with Crippen molar-refractivity contribution in [3.8, 4) is 6.07 Å². The van der Waals surface area contributed by atoms with Crippen LogP contribution in [0, 0.1) is 11.3 Å². The van der Waals surface area contributed by atoms with Gasteiger partial charge in [0, 0.05) is 17.3 Å². The van der Waals surface area contributed by atoms with Crippen LogP contribution in [0.5, 0.6) is 0 Å². The van der Waals surface area contributed by atoms with E-state index < -0.39 is 24.4 Å². The van der Waals surface area contributed by atoms with Crippen molar-refractivity contribution in [2.75, 3.05) is 11.9 Å². The van der Waals surface area contributed by atoms with Crippen LogP contribution < -0.4 is 10.6 Å². The van der Waals surface area contributed by atoms with Gasteiger partial charge in [0.1, 0.15) is 6.42 Å². The Balaban J connectivity index is 1.77. The number of carbonyl (C=O) groups excluding carboxylic acids is 3. The molecule has 0 saturated heterocycles. The average molecular weight is 386 g/mol. The Morgan fingerprint density at radius 1 is 1.00 bits per heavy atom. The summed E-state index contributed by atoms with van der Waals surface area (Å²) in [5, 5.41) is 14.2. The molecule has 0 aliphatic heterocycles. The maximum Gasteiger partial charge on any atom is 0.338 e. The van der Waals surface area contributed by atoms with E-state index in [0.717, 1.165) is 5.56 Å². The number of nitrogens with one attached hydrogen (secondary N) is 2. The lowest BCUT2D eigenvalue weighted by Crippen LogP contribution is -2.28. The van der Waals surface area contributed by atoms with Crippen molar-refractivity contribution >= 4 is 35.1 Å². The van der Waals surface area contributed by atoms with Crippen LogP contribution in [0.15, 0.2) is 48.5 Å². The van der Waals surface area contributed by atoms with E-state index in [-0.39, 0.29) is 12.0 Å². The van der Waals surface area contributed by atoms with E-state index in [1.54, 1.807) is 30.3 Å². The predicted octanol–water partition coefficient (Wildman–Crippen LogP) is 2.67. The quantitative estimate of drug-likeness (QED) is 0.712. The molecule has 0 fully saturated rings. The second-order valence-electron chi connectivity index (χ2n) is 5.44. The zero-order valence-corrected chi connectivity index (χ0v) is 15.0. The molecule has 2 aromatic rings. The molecule has 2 N–H and O–H groups in total. The molecule has 8 heteroatoms. The van der Waals surface area contributed by atoms with Crippen molar-refractivity contribution in [2.24, 2.45) is 0 Å². The first-order valence-corrected chi connectivity index (χ1v) is 8.31. The van der Waals surface area contributed by atoms with Gasteiger partial charge < -0.3 is 15.4 Å². The van der Waals surface area contributed by atoms with E-state index in [1.165, 1.54) is 24.3 Å². The summed E-state index contributed by atoms with van der Waals surface area (Å²) in [6.45, 7) is -0.113. The third-order valence-electron chi connectivity index (χ3n) is 3.38. The number of benzene rings is 2. The van der Waals surface area contributed by atoms with Crippen LogP contribution in [0.2, 0.25) is 5.02 Å². The standard InChI is InChI=1S/C19H16ClN3O4/c20-15-5-1-13(2-6-15)11-22-18(25)12-27-19(26)14-3-7-16(8-4-14)23-17(24)9-10-21/h1-8H,9,11-12H2,(H,22,25)(H,23,24). The van der Waals surface area contributed by atoms with Crippen LogP contribution in [-0.4, -0.2) is 24.4 Å². The first-order chi connectivity index (χ1) is 13.0. The zero-order chi connectivity index (χ0) is 19.6. The van der Waals surface area contributed by atoms with Crippen LogP contribution in [0.4, 0.5) is 5.69 Å². The SMILES string of the molecule is N#CCC(=O)Nc1ccc(C(=O)OCC(=O)NCc2ccc(Cl)cc2)cc1. The van der Waals surface area contributed by atoms with Gasteiger partial charge in [-0.3, -0.25) is 9.59 Å². The van der Waals surface area contributed by atoms with Gasteiger partial charge in [0.2, 0.25) is 5.91 Å². The maximum absolute atomic E-state index is 11.9. The molecule has 0 unspecified atom stereocenters. The second kappa shape index (κ2) is 9.94. The number of nitriles is 1. The van der Waals surface area contributed by atoms with Crippen LogP contribution in [0.3, 0.4) is 0 Å². The number of halogens is 1. The van der Waals surface area contributed by atoms with E-state index in [4.69, 9.17) is 21.6 Å². The summed E-state index contributed by atoms with van der Waals surface area (Å²) in [6.07, 6.45) is -0.255. The lowest BCUT2D eigenvalue weighted by Gasteiger charge is -2.08. The number of amides is 2. The molecule has 2 amide bonds. The van der Waals surface area contributed by atoms with Crippen molar-refractivity contribution < 1.29 is 19.1 Å². The Labute approximate surface area is 160 Å². The number of esters is 1. The van der Waals surface area contributed by atoms with E-state index in [2.05, 4.69) is 10.6 Å². The Bertz CT molecular complexity index is 858. The van der Waals surface area contributed by atoms with Gasteiger partial charge in [-0.15, -0.1) is 0 Å². The number of carbonyl (C=O) groups is 3. The maximum atomic E-state index is 11.9. The first-order valence-electron chi connectivity index (χ1n) is 7.93. The predicted molar refractivity (Wildman–Crippen MR) is 98.9 cm³/mol. The largest absolute Gasteiger partial charge is 0.452 e. The molecule has 0 aliphatic rings. The molecule has 0 bridgehead atoms. The lowest BCUT2D eigenvalue weighted by atomic mass is 10.2. The summed E-state index contributed by atoms with van der Waals surface area (Å²) in [5.41, 5.74) is 1.56. The average Bonchev–Trinajstić information content (AvgIpc) is 2.66. The molecule has 0 spiro atoms. The fourth-order valence-electron chi connectivity index (χ4n) is 2.03. The Morgan fingerprint density at radius 3 is 2.30 bits per heavy atom. The molecular weight excluding hydrogens is 370 g/mol. The van der Waals surface area contributed by atoms with Gasteiger partial charge in [-0.25, -0.2) is 4.79 Å². The summed E-state index contributed by atoms with van der Waals surface area (Å²) in [4.78, 5) is 35.0. The summed E-state index contributed by atoms with van der Waals surface area (Å²) >= 11 is 5.79. The van der Waals surface area contributed by atoms with E-state index in [9.17, 15) is 14.4 Å². The minimum absolute atomic E-state index is 0.235. The fraction of sp³-hybridized carbons (Fsp3) is 0.158. The summed E-state index contributed by atoms with van der Waals surface area (Å²) in [6, 6.07) is 14.7. The Kier molecular flexibility index (Phi) is 7.35. The van der Waals surface area contributed by atoms with Gasteiger partial charge in [0.05, 0.1) is 11.6 Å². The summed E-state index contributed by atoms with van der Waals surface area (Å²) in [5.74, 6) is -1.53. The highest BCUT2D eigenvalue weighted by atomic mass is 35.5. The normalized spacial score (nSPS) is 9.78. The van der Waals surface area contributed by atoms with Crippen LogP contribution in [0.25, 0.3) is 0 Å². The number of nitrogens with zero attached hydrogens (tertiary/aromatic N) is 1. The van der Waals surface area contributed by atoms with Crippen LogP contribution in [0.1, 0.15) is 22.3 Å². The highest BCUT2D eigenvalue weighted by Gasteiger charge is 2.10. The van der Waals surface area contributed by atoms with Crippen molar-refractivity contribution in [1.82, 2.24) is 5.32 Å². The molecule has 0 heterocycles. The first kappa shape index (κ1) is 19.9. The molecule has 0 radical (unpaired) electrons. The fourth-order valence-corrected chi connectivity index (χ4v) is 2.16. The second-order valence-corrected chi connectivity index (χ2v) is 5.88. The Morgan fingerprint density at radius 2 is 1.67 bits per heavy atom. The highest BCUT2D eigenvalue weighted by molar-refractivity contribution is 6.30. The minimum Gasteiger partial charge on any atom is -0.452 e. The van der Waals surface area contributed by atoms with Gasteiger partial charge in [-0.05, 0) is 42.0 Å². The van der Waals surface area contributed by atoms with Crippen LogP contribution >= 0.6 is 11.6 Å². The van der Waals surface area contributed by atoms with Gasteiger partial charge in [-0.1, -0.05) is 23.7 Å². The number of rotatable bonds is 7. The summed E-state index contributed by atoms with van der Waals surface area (Å²) < 4.78 is 4.95. The minimum atomic E-state index is -0.661. The topological polar surface area (TPSA) is 108 Å². The zero-order valence-electron chi connectivity index (χ0n) is 14.2.